The summed E-state index contributed by atoms with van der Waals surface area (Å²) in [4.78, 5) is 16.5. The molecule has 0 aliphatic rings. The van der Waals surface area contributed by atoms with E-state index in [0.717, 1.165) is 11.3 Å². The second kappa shape index (κ2) is 7.90. The van der Waals surface area contributed by atoms with Crippen LogP contribution in [0.4, 0.5) is 4.39 Å². The molecule has 0 radical (unpaired) electrons. The minimum absolute atomic E-state index is 0.192. The third-order valence-corrected chi connectivity index (χ3v) is 4.34. The molecule has 3 rings (SSSR count). The number of aromatic nitrogens is 1. The number of hydrogen-bond donors (Lipinski definition) is 1. The van der Waals surface area contributed by atoms with E-state index in [1.54, 1.807) is 41.9 Å². The van der Waals surface area contributed by atoms with E-state index in [4.69, 9.17) is 4.74 Å². The van der Waals surface area contributed by atoms with Gasteiger partial charge in [-0.1, -0.05) is 12.1 Å². The van der Waals surface area contributed by atoms with Crippen LogP contribution in [-0.2, 0) is 6.61 Å². The fraction of sp³-hybridized carbons (Fsp3) is 0.158. The van der Waals surface area contributed by atoms with Gasteiger partial charge in [0.05, 0.1) is 17.2 Å². The van der Waals surface area contributed by atoms with Gasteiger partial charge in [0.2, 0.25) is 0 Å². The van der Waals surface area contributed by atoms with Gasteiger partial charge in [-0.2, -0.15) is 0 Å². The van der Waals surface area contributed by atoms with Crippen LogP contribution in [0.2, 0.25) is 0 Å². The van der Waals surface area contributed by atoms with Crippen LogP contribution in [0.25, 0.3) is 0 Å². The number of nitrogens with zero attached hydrogens (tertiary/aromatic N) is 1. The van der Waals surface area contributed by atoms with Crippen molar-refractivity contribution in [2.24, 2.45) is 0 Å². The lowest BCUT2D eigenvalue weighted by atomic mass is 10.1. The van der Waals surface area contributed by atoms with E-state index in [1.807, 2.05) is 12.3 Å². The summed E-state index contributed by atoms with van der Waals surface area (Å²) in [6, 6.07) is 12.8. The van der Waals surface area contributed by atoms with Crippen LogP contribution in [0.1, 0.15) is 34.6 Å². The molecular formula is C19H17FN2O2S. The zero-order valence-electron chi connectivity index (χ0n) is 13.6. The zero-order valence-corrected chi connectivity index (χ0v) is 14.4. The van der Waals surface area contributed by atoms with Gasteiger partial charge in [0, 0.05) is 10.9 Å². The molecule has 3 aromatic rings. The summed E-state index contributed by atoms with van der Waals surface area (Å²) in [6.07, 6.45) is 0. The van der Waals surface area contributed by atoms with Crippen LogP contribution >= 0.6 is 11.3 Å². The first-order valence-electron chi connectivity index (χ1n) is 7.78. The SMILES string of the molecule is C[C@H](NC(=O)c1ccc(OCc2cscn2)cc1)c1ccc(F)cc1. The second-order valence-corrected chi connectivity index (χ2v) is 6.26. The van der Waals surface area contributed by atoms with Gasteiger partial charge < -0.3 is 10.1 Å². The maximum atomic E-state index is 13.0. The number of ether oxygens (including phenoxy) is 1. The Balaban J connectivity index is 1.57. The first kappa shape index (κ1) is 17.1. The highest BCUT2D eigenvalue weighted by molar-refractivity contribution is 7.07. The average Bonchev–Trinajstić information content (AvgIpc) is 3.14. The molecule has 128 valence electrons. The number of hydrogen-bond acceptors (Lipinski definition) is 4. The van der Waals surface area contributed by atoms with Crippen molar-refractivity contribution in [2.45, 2.75) is 19.6 Å². The molecule has 25 heavy (non-hydrogen) atoms. The minimum atomic E-state index is -0.296. The van der Waals surface area contributed by atoms with Crippen LogP contribution < -0.4 is 10.1 Å². The number of halogens is 1. The van der Waals surface area contributed by atoms with E-state index < -0.39 is 0 Å². The molecule has 1 amide bonds. The molecule has 0 bridgehead atoms. The summed E-state index contributed by atoms with van der Waals surface area (Å²) in [5, 5.41) is 4.82. The van der Waals surface area contributed by atoms with Crippen LogP contribution in [0.15, 0.2) is 59.4 Å². The molecule has 2 aromatic carbocycles. The Bertz CT molecular complexity index is 818. The molecule has 0 aliphatic carbocycles. The summed E-state index contributed by atoms with van der Waals surface area (Å²) >= 11 is 1.52. The van der Waals surface area contributed by atoms with Crippen LogP contribution in [0.3, 0.4) is 0 Å². The number of carbonyl (C=O) groups is 1. The molecule has 0 saturated heterocycles. The van der Waals surface area contributed by atoms with Crippen molar-refractivity contribution in [3.63, 3.8) is 0 Å². The fourth-order valence-electron chi connectivity index (χ4n) is 2.28. The molecule has 6 heteroatoms. The molecule has 0 aliphatic heterocycles. The second-order valence-electron chi connectivity index (χ2n) is 5.54. The number of amides is 1. The topological polar surface area (TPSA) is 51.2 Å². The Morgan fingerprint density at radius 3 is 2.56 bits per heavy atom. The summed E-state index contributed by atoms with van der Waals surface area (Å²) in [5.41, 5.74) is 4.02. The lowest BCUT2D eigenvalue weighted by molar-refractivity contribution is 0.0940. The number of thiazole rings is 1. The third-order valence-electron chi connectivity index (χ3n) is 3.70. The van der Waals surface area contributed by atoms with Crippen LogP contribution in [-0.4, -0.2) is 10.9 Å². The van der Waals surface area contributed by atoms with Gasteiger partial charge in [-0.15, -0.1) is 11.3 Å². The quantitative estimate of drug-likeness (QED) is 0.714. The Morgan fingerprint density at radius 1 is 1.20 bits per heavy atom. The Hall–Kier alpha value is -2.73. The Morgan fingerprint density at radius 2 is 1.92 bits per heavy atom. The van der Waals surface area contributed by atoms with Crippen molar-refractivity contribution in [1.29, 1.82) is 0 Å². The van der Waals surface area contributed by atoms with Crippen LogP contribution in [0, 0.1) is 5.82 Å². The molecular weight excluding hydrogens is 339 g/mol. The molecule has 0 unspecified atom stereocenters. The van der Waals surface area contributed by atoms with Crippen molar-refractivity contribution in [3.05, 3.63) is 82.1 Å². The van der Waals surface area contributed by atoms with E-state index in [0.29, 0.717) is 17.9 Å². The number of carbonyl (C=O) groups excluding carboxylic acids is 1. The van der Waals surface area contributed by atoms with Gasteiger partial charge in [0.1, 0.15) is 18.2 Å². The monoisotopic (exact) mass is 356 g/mol. The molecule has 0 fully saturated rings. The molecule has 0 saturated carbocycles. The molecule has 1 atom stereocenters. The van der Waals surface area contributed by atoms with Gasteiger partial charge in [-0.3, -0.25) is 4.79 Å². The maximum Gasteiger partial charge on any atom is 0.251 e. The van der Waals surface area contributed by atoms with Gasteiger partial charge in [-0.05, 0) is 48.9 Å². The smallest absolute Gasteiger partial charge is 0.251 e. The van der Waals surface area contributed by atoms with Crippen molar-refractivity contribution in [1.82, 2.24) is 10.3 Å². The first-order chi connectivity index (χ1) is 12.1. The van der Waals surface area contributed by atoms with E-state index in [1.165, 1.54) is 23.5 Å². The van der Waals surface area contributed by atoms with E-state index in [9.17, 15) is 9.18 Å². The first-order valence-corrected chi connectivity index (χ1v) is 8.72. The Kier molecular flexibility index (Phi) is 5.40. The maximum absolute atomic E-state index is 13.0. The predicted molar refractivity (Wildman–Crippen MR) is 95.2 cm³/mol. The van der Waals surface area contributed by atoms with E-state index in [-0.39, 0.29) is 17.8 Å². The van der Waals surface area contributed by atoms with Gasteiger partial charge in [0.25, 0.3) is 5.91 Å². The summed E-state index contributed by atoms with van der Waals surface area (Å²) in [5.74, 6) is 0.189. The molecule has 1 heterocycles. The molecule has 0 spiro atoms. The molecule has 1 N–H and O–H groups in total. The zero-order chi connectivity index (χ0) is 17.6. The molecule has 4 nitrogen and oxygen atoms in total. The van der Waals surface area contributed by atoms with Crippen molar-refractivity contribution in [2.75, 3.05) is 0 Å². The lowest BCUT2D eigenvalue weighted by Crippen LogP contribution is -2.26. The minimum Gasteiger partial charge on any atom is -0.487 e. The summed E-state index contributed by atoms with van der Waals surface area (Å²) < 4.78 is 18.6. The van der Waals surface area contributed by atoms with Gasteiger partial charge >= 0.3 is 0 Å². The largest absolute Gasteiger partial charge is 0.487 e. The van der Waals surface area contributed by atoms with Crippen molar-refractivity contribution < 1.29 is 13.9 Å². The summed E-state index contributed by atoms with van der Waals surface area (Å²) in [6.45, 7) is 2.26. The average molecular weight is 356 g/mol. The van der Waals surface area contributed by atoms with E-state index in [2.05, 4.69) is 10.3 Å². The highest BCUT2D eigenvalue weighted by Crippen LogP contribution is 2.17. The number of nitrogens with one attached hydrogen (secondary N) is 1. The number of benzene rings is 2. The predicted octanol–water partition coefficient (Wildman–Crippen LogP) is 4.35. The van der Waals surface area contributed by atoms with Gasteiger partial charge in [0.15, 0.2) is 0 Å². The molecule has 1 aromatic heterocycles. The normalized spacial score (nSPS) is 11.8. The summed E-state index contributed by atoms with van der Waals surface area (Å²) in [7, 11) is 0. The highest BCUT2D eigenvalue weighted by Gasteiger charge is 2.11. The number of rotatable bonds is 6. The van der Waals surface area contributed by atoms with Crippen LogP contribution in [0.5, 0.6) is 5.75 Å². The van der Waals surface area contributed by atoms with E-state index >= 15 is 0 Å². The van der Waals surface area contributed by atoms with Gasteiger partial charge in [-0.25, -0.2) is 9.37 Å². The van der Waals surface area contributed by atoms with Crippen molar-refractivity contribution >= 4 is 17.2 Å². The standard InChI is InChI=1S/C19H17FN2O2S/c1-13(14-2-6-16(20)7-3-14)22-19(23)15-4-8-18(9-5-15)24-10-17-11-25-12-21-17/h2-9,11-13H,10H2,1H3,(H,22,23)/t13-/m0/s1. The van der Waals surface area contributed by atoms with Crippen molar-refractivity contribution in [3.8, 4) is 5.75 Å². The third kappa shape index (κ3) is 4.64. The highest BCUT2D eigenvalue weighted by atomic mass is 32.1. The Labute approximate surface area is 149 Å². The fourth-order valence-corrected chi connectivity index (χ4v) is 2.83. The lowest BCUT2D eigenvalue weighted by Gasteiger charge is -2.14.